The molecule has 0 unspecified atom stereocenters. The fraction of sp³-hybridized carbons (Fsp3) is 0.143. The first-order chi connectivity index (χ1) is 5.43. The average molecular weight is 194 g/mol. The second kappa shape index (κ2) is 4.16. The molecule has 1 aromatic carbocycles. The van der Waals surface area contributed by atoms with E-state index in [-0.39, 0.29) is 24.4 Å². The predicted octanol–water partition coefficient (Wildman–Crippen LogP) is -2.68. The van der Waals surface area contributed by atoms with E-state index >= 15 is 0 Å². The Morgan fingerprint density at radius 2 is 1.92 bits per heavy atom. The Morgan fingerprint density at radius 3 is 2.23 bits per heavy atom. The molecule has 4 nitrogen and oxygen atoms in total. The van der Waals surface area contributed by atoms with Crippen molar-refractivity contribution < 1.29 is 36.9 Å². The molecule has 6 heteroatoms. The summed E-state index contributed by atoms with van der Waals surface area (Å²) in [4.78, 5) is -0.537. The van der Waals surface area contributed by atoms with E-state index in [4.69, 9.17) is 4.55 Å². The van der Waals surface area contributed by atoms with Gasteiger partial charge in [-0.3, -0.25) is 4.55 Å². The van der Waals surface area contributed by atoms with Gasteiger partial charge in [0.05, 0.1) is 4.90 Å². The molecule has 0 amide bonds. The Labute approximate surface area is 88.5 Å². The molecule has 0 atom stereocenters. The van der Waals surface area contributed by atoms with Crippen LogP contribution in [0.25, 0.3) is 0 Å². The van der Waals surface area contributed by atoms with E-state index in [1.807, 2.05) is 0 Å². The quantitative estimate of drug-likeness (QED) is 0.390. The molecule has 1 N–H and O–H groups in total. The molecule has 0 aliphatic heterocycles. The molecule has 1 aromatic rings. The van der Waals surface area contributed by atoms with Gasteiger partial charge in [-0.2, -0.15) is 8.42 Å². The fourth-order valence-corrected chi connectivity index (χ4v) is 1.75. The Kier molecular flexibility index (Phi) is 4.01. The second-order valence-electron chi connectivity index (χ2n) is 2.38. The molecule has 1 rings (SSSR count). The number of aryl methyl sites for hydroxylation is 1. The molecule has 0 radical (unpaired) electrons. The van der Waals surface area contributed by atoms with Crippen LogP contribution in [0, 0.1) is 6.92 Å². The van der Waals surface area contributed by atoms with E-state index in [2.05, 4.69) is 0 Å². The molecular weight excluding hydrogens is 187 g/mol. The van der Waals surface area contributed by atoms with Gasteiger partial charge < -0.3 is 5.11 Å². The van der Waals surface area contributed by atoms with E-state index in [1.54, 1.807) is 0 Å². The maximum absolute atomic E-state index is 10.9. The smallest absolute Gasteiger partial charge is 0.872 e. The summed E-state index contributed by atoms with van der Waals surface area (Å²) in [5, 5.41) is 10.9. The summed E-state index contributed by atoms with van der Waals surface area (Å²) in [6, 6.07) is 3.98. The summed E-state index contributed by atoms with van der Waals surface area (Å²) >= 11 is 0. The second-order valence-corrected chi connectivity index (χ2v) is 3.74. The fourth-order valence-electron chi connectivity index (χ4n) is 0.956. The molecule has 0 aromatic heterocycles. The Balaban J connectivity index is 0.00000144. The van der Waals surface area contributed by atoms with Gasteiger partial charge in [0, 0.05) is 0 Å². The molecule has 0 fully saturated rings. The van der Waals surface area contributed by atoms with Crippen LogP contribution in [-0.4, -0.2) is 13.0 Å². The zero-order valence-electron chi connectivity index (χ0n) is 7.31. The number of benzene rings is 1. The first-order valence-corrected chi connectivity index (χ1v) is 4.61. The summed E-state index contributed by atoms with van der Waals surface area (Å²) in [6.07, 6.45) is 0. The maximum Gasteiger partial charge on any atom is 1.00 e. The molecule has 0 spiro atoms. The van der Waals surface area contributed by atoms with Crippen molar-refractivity contribution in [3.05, 3.63) is 23.8 Å². The first-order valence-electron chi connectivity index (χ1n) is 3.17. The molecular formula is C7H7LiO4S. The van der Waals surface area contributed by atoms with Gasteiger partial charge in [0.25, 0.3) is 10.1 Å². The molecule has 0 aliphatic carbocycles. The van der Waals surface area contributed by atoms with Gasteiger partial charge in [-0.25, -0.2) is 0 Å². The summed E-state index contributed by atoms with van der Waals surface area (Å²) in [5.41, 5.74) is 0.255. The van der Waals surface area contributed by atoms with Crippen LogP contribution >= 0.6 is 0 Å². The number of hydrogen-bond acceptors (Lipinski definition) is 3. The molecule has 0 bridgehead atoms. The van der Waals surface area contributed by atoms with Crippen LogP contribution < -0.4 is 24.0 Å². The predicted molar refractivity (Wildman–Crippen MR) is 40.4 cm³/mol. The first kappa shape index (κ1) is 12.5. The van der Waals surface area contributed by atoms with Gasteiger partial charge in [-0.05, 0) is 12.5 Å². The minimum Gasteiger partial charge on any atom is -0.872 e. The van der Waals surface area contributed by atoms with Gasteiger partial charge in [0.1, 0.15) is 0 Å². The van der Waals surface area contributed by atoms with Crippen molar-refractivity contribution in [2.24, 2.45) is 0 Å². The third kappa shape index (κ3) is 2.74. The zero-order valence-corrected chi connectivity index (χ0v) is 8.13. The summed E-state index contributed by atoms with van der Waals surface area (Å²) in [5.74, 6) is -0.683. The topological polar surface area (TPSA) is 77.4 Å². The normalized spacial score (nSPS) is 10.6. The van der Waals surface area contributed by atoms with Crippen LogP contribution in [0.4, 0.5) is 0 Å². The van der Waals surface area contributed by atoms with E-state index in [9.17, 15) is 13.5 Å². The minimum atomic E-state index is -4.38. The summed E-state index contributed by atoms with van der Waals surface area (Å²) in [6.45, 7) is 1.45. The third-order valence-corrected chi connectivity index (χ3v) is 2.47. The van der Waals surface area contributed by atoms with Crippen molar-refractivity contribution in [1.82, 2.24) is 0 Å². The maximum atomic E-state index is 10.9. The van der Waals surface area contributed by atoms with Gasteiger partial charge in [0.2, 0.25) is 0 Å². The summed E-state index contributed by atoms with van der Waals surface area (Å²) in [7, 11) is -4.38. The van der Waals surface area contributed by atoms with Crippen molar-refractivity contribution in [2.45, 2.75) is 11.8 Å². The van der Waals surface area contributed by atoms with Crippen LogP contribution in [0.3, 0.4) is 0 Å². The Hall–Kier alpha value is -0.473. The Bertz CT molecular complexity index is 379. The molecule has 0 heterocycles. The monoisotopic (exact) mass is 194 g/mol. The van der Waals surface area contributed by atoms with Crippen molar-refractivity contribution in [3.8, 4) is 5.75 Å². The average Bonchev–Trinajstić information content (AvgIpc) is 1.82. The SMILES string of the molecule is Cc1cccc([O-])c1S(=O)(=O)O.[Li+]. The molecule has 66 valence electrons. The van der Waals surface area contributed by atoms with Gasteiger partial charge >= 0.3 is 18.9 Å². The van der Waals surface area contributed by atoms with Crippen molar-refractivity contribution in [2.75, 3.05) is 0 Å². The van der Waals surface area contributed by atoms with Crippen LogP contribution in [0.2, 0.25) is 0 Å². The summed E-state index contributed by atoms with van der Waals surface area (Å²) < 4.78 is 29.9. The van der Waals surface area contributed by atoms with Crippen LogP contribution in [0.15, 0.2) is 23.1 Å². The van der Waals surface area contributed by atoms with Crippen molar-refractivity contribution in [1.29, 1.82) is 0 Å². The molecule has 13 heavy (non-hydrogen) atoms. The van der Waals surface area contributed by atoms with Gasteiger partial charge in [0.15, 0.2) is 0 Å². The van der Waals surface area contributed by atoms with Crippen LogP contribution in [0.1, 0.15) is 5.56 Å². The molecule has 0 saturated carbocycles. The Morgan fingerprint density at radius 1 is 1.38 bits per heavy atom. The van der Waals surface area contributed by atoms with Crippen LogP contribution in [-0.2, 0) is 10.1 Å². The van der Waals surface area contributed by atoms with E-state index in [0.29, 0.717) is 0 Å². The van der Waals surface area contributed by atoms with Crippen molar-refractivity contribution in [3.63, 3.8) is 0 Å². The molecule has 0 saturated heterocycles. The minimum absolute atomic E-state index is 0. The largest absolute Gasteiger partial charge is 1.00 e. The third-order valence-electron chi connectivity index (χ3n) is 1.43. The molecule has 0 aliphatic rings. The van der Waals surface area contributed by atoms with Gasteiger partial charge in [-0.15, -0.1) is 0 Å². The van der Waals surface area contributed by atoms with E-state index in [1.165, 1.54) is 19.1 Å². The standard InChI is InChI=1S/C7H8O4S.Li/c1-5-3-2-4-6(8)7(5)12(9,10)11;/h2-4,8H,1H3,(H,9,10,11);/q;+1/p-1. The number of rotatable bonds is 1. The van der Waals surface area contributed by atoms with Crippen LogP contribution in [0.5, 0.6) is 5.75 Å². The van der Waals surface area contributed by atoms with E-state index < -0.39 is 20.8 Å². The zero-order chi connectivity index (χ0) is 9.35. The van der Waals surface area contributed by atoms with E-state index in [0.717, 1.165) is 6.07 Å². The van der Waals surface area contributed by atoms with Crippen molar-refractivity contribution >= 4 is 10.1 Å². The number of hydrogen-bond donors (Lipinski definition) is 1. The van der Waals surface area contributed by atoms with Gasteiger partial charge in [-0.1, -0.05) is 23.9 Å².